The molecule has 2 heterocycles. The summed E-state index contributed by atoms with van der Waals surface area (Å²) in [5.74, 6) is 2.87. The molecule has 0 amide bonds. The van der Waals surface area contributed by atoms with Crippen molar-refractivity contribution in [3.8, 4) is 0 Å². The van der Waals surface area contributed by atoms with E-state index in [1.807, 2.05) is 11.8 Å². The van der Waals surface area contributed by atoms with Crippen molar-refractivity contribution < 1.29 is 8.42 Å². The van der Waals surface area contributed by atoms with Gasteiger partial charge in [-0.15, -0.1) is 0 Å². The molecule has 0 aliphatic carbocycles. The van der Waals surface area contributed by atoms with Gasteiger partial charge >= 0.3 is 0 Å². The van der Waals surface area contributed by atoms with Crippen LogP contribution in [0.15, 0.2) is 0 Å². The molecule has 4 nitrogen and oxygen atoms in total. The molecule has 2 unspecified atom stereocenters. The van der Waals surface area contributed by atoms with Gasteiger partial charge in [0.05, 0.1) is 5.25 Å². The molecule has 2 saturated heterocycles. The minimum atomic E-state index is -3.06. The van der Waals surface area contributed by atoms with Crippen LogP contribution in [0.3, 0.4) is 0 Å². The summed E-state index contributed by atoms with van der Waals surface area (Å²) in [6.07, 6.45) is 1.17. The second kappa shape index (κ2) is 5.25. The van der Waals surface area contributed by atoms with E-state index in [4.69, 9.17) is 0 Å². The summed E-state index contributed by atoms with van der Waals surface area (Å²) in [5, 5.41) is 2.89. The Morgan fingerprint density at radius 1 is 1.50 bits per heavy atom. The van der Waals surface area contributed by atoms with Crippen molar-refractivity contribution in [2.75, 3.05) is 37.7 Å². The third-order valence-corrected chi connectivity index (χ3v) is 6.79. The lowest BCUT2D eigenvalue weighted by atomic mass is 10.1. The lowest BCUT2D eigenvalue weighted by Crippen LogP contribution is -2.40. The van der Waals surface area contributed by atoms with Gasteiger partial charge in [-0.3, -0.25) is 0 Å². The number of sulfonamides is 1. The van der Waals surface area contributed by atoms with Crippen molar-refractivity contribution in [1.82, 2.24) is 9.62 Å². The second-order valence-corrected chi connectivity index (χ2v) is 8.15. The summed E-state index contributed by atoms with van der Waals surface area (Å²) in [6, 6.07) is 0. The van der Waals surface area contributed by atoms with Gasteiger partial charge in [-0.05, 0) is 30.8 Å². The molecule has 94 valence electrons. The summed E-state index contributed by atoms with van der Waals surface area (Å²) in [5.41, 5.74) is 0. The maximum Gasteiger partial charge on any atom is 0.218 e. The first-order chi connectivity index (χ1) is 7.60. The first-order valence-electron chi connectivity index (χ1n) is 5.88. The molecule has 2 aliphatic heterocycles. The average Bonchev–Trinajstić information content (AvgIpc) is 2.70. The lowest BCUT2D eigenvalue weighted by molar-refractivity contribution is 0.363. The molecule has 2 rings (SSSR count). The third-order valence-electron chi connectivity index (χ3n) is 3.32. The zero-order valence-electron chi connectivity index (χ0n) is 9.68. The summed E-state index contributed by atoms with van der Waals surface area (Å²) in [6.45, 7) is 4.51. The Morgan fingerprint density at radius 2 is 2.31 bits per heavy atom. The van der Waals surface area contributed by atoms with E-state index in [1.54, 1.807) is 11.2 Å². The van der Waals surface area contributed by atoms with Gasteiger partial charge in [0.1, 0.15) is 0 Å². The number of nitrogens with zero attached hydrogens (tertiary/aromatic N) is 1. The predicted octanol–water partition coefficient (Wildman–Crippen LogP) is 0.363. The fourth-order valence-corrected chi connectivity index (χ4v) is 5.08. The Hall–Kier alpha value is 0.220. The summed E-state index contributed by atoms with van der Waals surface area (Å²) in [4.78, 5) is 0. The van der Waals surface area contributed by atoms with Crippen LogP contribution in [0.2, 0.25) is 0 Å². The van der Waals surface area contributed by atoms with Crippen molar-refractivity contribution in [2.45, 2.75) is 18.6 Å². The predicted molar refractivity (Wildman–Crippen MR) is 68.3 cm³/mol. The van der Waals surface area contributed by atoms with Gasteiger partial charge in [0.25, 0.3) is 0 Å². The lowest BCUT2D eigenvalue weighted by Gasteiger charge is -2.24. The number of hydrogen-bond donors (Lipinski definition) is 1. The van der Waals surface area contributed by atoms with Crippen molar-refractivity contribution in [1.29, 1.82) is 0 Å². The molecule has 6 heteroatoms. The molecular formula is C10H20N2O2S2. The summed E-state index contributed by atoms with van der Waals surface area (Å²) >= 11 is 1.94. The van der Waals surface area contributed by atoms with Crippen LogP contribution < -0.4 is 5.32 Å². The monoisotopic (exact) mass is 264 g/mol. The van der Waals surface area contributed by atoms with E-state index >= 15 is 0 Å². The van der Waals surface area contributed by atoms with Gasteiger partial charge in [0, 0.05) is 26.2 Å². The smallest absolute Gasteiger partial charge is 0.218 e. The molecule has 0 spiro atoms. The molecule has 0 aromatic carbocycles. The molecule has 2 aliphatic rings. The first-order valence-corrected chi connectivity index (χ1v) is 8.54. The molecule has 1 N–H and O–H groups in total. The highest BCUT2D eigenvalue weighted by Crippen LogP contribution is 2.25. The van der Waals surface area contributed by atoms with Gasteiger partial charge < -0.3 is 5.32 Å². The van der Waals surface area contributed by atoms with Gasteiger partial charge in [-0.1, -0.05) is 0 Å². The maximum atomic E-state index is 12.2. The topological polar surface area (TPSA) is 49.4 Å². The standard InChI is InChI=1S/C10H20N2O2S2/c1-9-6-11-3-4-12(16(9,13)14)7-10-2-5-15-8-10/h9-11H,2-8H2,1H3. The van der Waals surface area contributed by atoms with Crippen LogP contribution >= 0.6 is 11.8 Å². The van der Waals surface area contributed by atoms with E-state index in [-0.39, 0.29) is 5.25 Å². The molecule has 0 saturated carbocycles. The minimum Gasteiger partial charge on any atom is -0.314 e. The van der Waals surface area contributed by atoms with Crippen LogP contribution in [0.1, 0.15) is 13.3 Å². The first kappa shape index (κ1) is 12.7. The van der Waals surface area contributed by atoms with E-state index in [0.717, 1.165) is 18.8 Å². The Bertz CT molecular complexity index is 326. The third kappa shape index (κ3) is 2.72. The Labute approximate surface area is 102 Å². The number of rotatable bonds is 2. The van der Waals surface area contributed by atoms with E-state index < -0.39 is 10.0 Å². The number of thioether (sulfide) groups is 1. The Morgan fingerprint density at radius 3 is 3.00 bits per heavy atom. The van der Waals surface area contributed by atoms with Gasteiger partial charge in [-0.2, -0.15) is 11.8 Å². The average molecular weight is 264 g/mol. The van der Waals surface area contributed by atoms with Crippen LogP contribution in [-0.4, -0.2) is 55.7 Å². The van der Waals surface area contributed by atoms with Crippen LogP contribution in [0.4, 0.5) is 0 Å². The van der Waals surface area contributed by atoms with E-state index in [1.165, 1.54) is 12.2 Å². The second-order valence-electron chi connectivity index (χ2n) is 4.65. The minimum absolute atomic E-state index is 0.288. The van der Waals surface area contributed by atoms with E-state index in [9.17, 15) is 8.42 Å². The fraction of sp³-hybridized carbons (Fsp3) is 1.00. The SMILES string of the molecule is CC1CNCCN(CC2CCSC2)S1(=O)=O. The van der Waals surface area contributed by atoms with E-state index in [2.05, 4.69) is 5.32 Å². The molecule has 0 bridgehead atoms. The zero-order valence-corrected chi connectivity index (χ0v) is 11.3. The largest absolute Gasteiger partial charge is 0.314 e. The van der Waals surface area contributed by atoms with Crippen LogP contribution in [0.5, 0.6) is 0 Å². The molecular weight excluding hydrogens is 244 g/mol. The zero-order chi connectivity index (χ0) is 11.6. The van der Waals surface area contributed by atoms with Crippen molar-refractivity contribution in [3.05, 3.63) is 0 Å². The molecule has 0 aromatic heterocycles. The Kier molecular flexibility index (Phi) is 4.15. The van der Waals surface area contributed by atoms with Crippen molar-refractivity contribution in [2.24, 2.45) is 5.92 Å². The fourth-order valence-electron chi connectivity index (χ4n) is 2.21. The maximum absolute atomic E-state index is 12.2. The highest BCUT2D eigenvalue weighted by molar-refractivity contribution is 7.99. The molecule has 16 heavy (non-hydrogen) atoms. The van der Waals surface area contributed by atoms with Gasteiger partial charge in [-0.25, -0.2) is 12.7 Å². The summed E-state index contributed by atoms with van der Waals surface area (Å²) < 4.78 is 26.1. The van der Waals surface area contributed by atoms with E-state index in [0.29, 0.717) is 19.0 Å². The normalized spacial score (nSPS) is 36.1. The Balaban J connectivity index is 2.04. The molecule has 2 atom stereocenters. The number of hydrogen-bond acceptors (Lipinski definition) is 4. The van der Waals surface area contributed by atoms with Crippen LogP contribution in [0, 0.1) is 5.92 Å². The van der Waals surface area contributed by atoms with Crippen molar-refractivity contribution in [3.63, 3.8) is 0 Å². The molecule has 0 radical (unpaired) electrons. The van der Waals surface area contributed by atoms with Crippen LogP contribution in [-0.2, 0) is 10.0 Å². The van der Waals surface area contributed by atoms with Crippen LogP contribution in [0.25, 0.3) is 0 Å². The quantitative estimate of drug-likeness (QED) is 0.782. The number of nitrogens with one attached hydrogen (secondary N) is 1. The van der Waals surface area contributed by atoms with Gasteiger partial charge in [0.2, 0.25) is 10.0 Å². The highest BCUT2D eigenvalue weighted by atomic mass is 32.2. The molecule has 2 fully saturated rings. The summed E-state index contributed by atoms with van der Waals surface area (Å²) in [7, 11) is -3.06. The van der Waals surface area contributed by atoms with Crippen molar-refractivity contribution >= 4 is 21.8 Å². The highest BCUT2D eigenvalue weighted by Gasteiger charge is 2.32. The molecule has 0 aromatic rings. The van der Waals surface area contributed by atoms with Gasteiger partial charge in [0.15, 0.2) is 0 Å².